The Balaban J connectivity index is 2.72. The maximum Gasteiger partial charge on any atom is 0.0573 e. The Hall–Kier alpha value is -1.25. The maximum absolute atomic E-state index is 4.23. The van der Waals surface area contributed by atoms with Crippen LogP contribution in [0.15, 0.2) is 18.5 Å². The minimum Gasteiger partial charge on any atom is -0.387 e. The Kier molecular flexibility index (Phi) is 4.95. The lowest BCUT2D eigenvalue weighted by Gasteiger charge is -2.22. The first kappa shape index (κ1) is 11.8. The van der Waals surface area contributed by atoms with Crippen molar-refractivity contribution in [1.29, 1.82) is 0 Å². The Morgan fingerprint density at radius 2 is 2.13 bits per heavy atom. The molecule has 0 saturated carbocycles. The fourth-order valence-corrected chi connectivity index (χ4v) is 1.56. The van der Waals surface area contributed by atoms with Crippen LogP contribution in [0.3, 0.4) is 0 Å². The maximum atomic E-state index is 4.23. The molecule has 0 aromatic carbocycles. The zero-order valence-electron chi connectivity index (χ0n) is 9.95. The van der Waals surface area contributed by atoms with Crippen molar-refractivity contribution >= 4 is 11.4 Å². The van der Waals surface area contributed by atoms with Crippen LogP contribution in [0.25, 0.3) is 0 Å². The molecule has 3 heteroatoms. The Bertz CT molecular complexity index is 286. The number of hydrogen-bond donors (Lipinski definition) is 1. The summed E-state index contributed by atoms with van der Waals surface area (Å²) < 4.78 is 0. The van der Waals surface area contributed by atoms with Crippen molar-refractivity contribution in [3.8, 4) is 0 Å². The second kappa shape index (κ2) is 6.27. The smallest absolute Gasteiger partial charge is 0.0573 e. The van der Waals surface area contributed by atoms with E-state index in [2.05, 4.69) is 35.1 Å². The Labute approximate surface area is 92.5 Å². The van der Waals surface area contributed by atoms with Gasteiger partial charge in [-0.2, -0.15) is 0 Å². The van der Waals surface area contributed by atoms with Crippen LogP contribution in [0.1, 0.15) is 26.7 Å². The van der Waals surface area contributed by atoms with Crippen molar-refractivity contribution in [1.82, 2.24) is 4.98 Å². The van der Waals surface area contributed by atoms with Crippen LogP contribution in [0, 0.1) is 0 Å². The molecule has 0 aliphatic rings. The van der Waals surface area contributed by atoms with Crippen LogP contribution in [-0.2, 0) is 0 Å². The summed E-state index contributed by atoms with van der Waals surface area (Å²) in [4.78, 5) is 6.59. The van der Waals surface area contributed by atoms with Crippen LogP contribution in [0.4, 0.5) is 11.4 Å². The van der Waals surface area contributed by atoms with Gasteiger partial charge in [0.2, 0.25) is 0 Å². The molecule has 1 rings (SSSR count). The Morgan fingerprint density at radius 1 is 1.33 bits per heavy atom. The van der Waals surface area contributed by atoms with Crippen molar-refractivity contribution in [2.45, 2.75) is 26.7 Å². The van der Waals surface area contributed by atoms with E-state index in [1.807, 2.05) is 19.4 Å². The number of hydrogen-bond acceptors (Lipinski definition) is 3. The van der Waals surface area contributed by atoms with Gasteiger partial charge in [0.1, 0.15) is 0 Å². The average molecular weight is 207 g/mol. The second-order valence-corrected chi connectivity index (χ2v) is 3.62. The largest absolute Gasteiger partial charge is 0.387 e. The van der Waals surface area contributed by atoms with Crippen LogP contribution in [-0.4, -0.2) is 25.1 Å². The van der Waals surface area contributed by atoms with Crippen LogP contribution in [0.5, 0.6) is 0 Å². The quantitative estimate of drug-likeness (QED) is 0.777. The molecule has 0 bridgehead atoms. The van der Waals surface area contributed by atoms with E-state index >= 15 is 0 Å². The Morgan fingerprint density at radius 3 is 2.73 bits per heavy atom. The van der Waals surface area contributed by atoms with Crippen molar-refractivity contribution in [3.63, 3.8) is 0 Å². The molecule has 1 aromatic rings. The number of aromatic nitrogens is 1. The number of unbranched alkanes of at least 4 members (excludes halogenated alkanes) is 1. The van der Waals surface area contributed by atoms with E-state index in [1.165, 1.54) is 18.5 Å². The lowest BCUT2D eigenvalue weighted by atomic mass is 10.2. The lowest BCUT2D eigenvalue weighted by molar-refractivity contribution is 0.731. The predicted molar refractivity (Wildman–Crippen MR) is 66.6 cm³/mol. The fraction of sp³-hybridized carbons (Fsp3) is 0.583. The van der Waals surface area contributed by atoms with E-state index < -0.39 is 0 Å². The molecule has 1 heterocycles. The highest BCUT2D eigenvalue weighted by atomic mass is 15.1. The summed E-state index contributed by atoms with van der Waals surface area (Å²) in [5.41, 5.74) is 2.28. The van der Waals surface area contributed by atoms with Crippen molar-refractivity contribution < 1.29 is 0 Å². The molecule has 0 atom stereocenters. The average Bonchev–Trinajstić information content (AvgIpc) is 2.30. The van der Waals surface area contributed by atoms with E-state index in [-0.39, 0.29) is 0 Å². The summed E-state index contributed by atoms with van der Waals surface area (Å²) in [5, 5.41) is 3.11. The number of rotatable bonds is 6. The van der Waals surface area contributed by atoms with Gasteiger partial charge in [0, 0.05) is 20.1 Å². The van der Waals surface area contributed by atoms with E-state index in [1.54, 1.807) is 0 Å². The molecule has 0 unspecified atom stereocenters. The summed E-state index contributed by atoms with van der Waals surface area (Å²) in [6, 6.07) is 2.14. The fourth-order valence-electron chi connectivity index (χ4n) is 1.56. The van der Waals surface area contributed by atoms with Gasteiger partial charge in [0.15, 0.2) is 0 Å². The highest BCUT2D eigenvalue weighted by molar-refractivity contribution is 5.55. The molecular weight excluding hydrogens is 186 g/mol. The third kappa shape index (κ3) is 3.42. The van der Waals surface area contributed by atoms with Gasteiger partial charge >= 0.3 is 0 Å². The van der Waals surface area contributed by atoms with Gasteiger partial charge in [0.25, 0.3) is 0 Å². The molecule has 0 spiro atoms. The summed E-state index contributed by atoms with van der Waals surface area (Å²) in [6.07, 6.45) is 6.24. The molecule has 0 amide bonds. The van der Waals surface area contributed by atoms with Gasteiger partial charge in [-0.3, -0.25) is 4.98 Å². The van der Waals surface area contributed by atoms with Crippen LogP contribution in [0.2, 0.25) is 0 Å². The molecule has 3 nitrogen and oxygen atoms in total. The molecule has 0 aliphatic carbocycles. The first-order chi connectivity index (χ1) is 7.31. The summed E-state index contributed by atoms with van der Waals surface area (Å²) >= 11 is 0. The third-order valence-electron chi connectivity index (χ3n) is 2.54. The molecule has 0 radical (unpaired) electrons. The van der Waals surface area contributed by atoms with Crippen LogP contribution >= 0.6 is 0 Å². The second-order valence-electron chi connectivity index (χ2n) is 3.62. The molecular formula is C12H21N3. The predicted octanol–water partition coefficient (Wildman–Crippen LogP) is 2.75. The molecule has 1 N–H and O–H groups in total. The summed E-state index contributed by atoms with van der Waals surface area (Å²) in [5.74, 6) is 0. The van der Waals surface area contributed by atoms with Gasteiger partial charge in [-0.15, -0.1) is 0 Å². The standard InChI is InChI=1S/C12H21N3/c1-4-6-7-15(5-2)12-8-11(13-3)9-14-10-12/h8-10,13H,4-7H2,1-3H3. The molecule has 15 heavy (non-hydrogen) atoms. The van der Waals surface area contributed by atoms with Gasteiger partial charge < -0.3 is 10.2 Å². The van der Waals surface area contributed by atoms with Crippen molar-refractivity contribution in [3.05, 3.63) is 18.5 Å². The molecule has 0 aliphatic heterocycles. The number of nitrogens with one attached hydrogen (secondary N) is 1. The normalized spacial score (nSPS) is 10.1. The highest BCUT2D eigenvalue weighted by Crippen LogP contribution is 2.17. The third-order valence-corrected chi connectivity index (χ3v) is 2.54. The number of anilines is 2. The molecule has 84 valence electrons. The zero-order chi connectivity index (χ0) is 11.1. The van der Waals surface area contributed by atoms with Gasteiger partial charge in [-0.25, -0.2) is 0 Å². The van der Waals surface area contributed by atoms with Crippen molar-refractivity contribution in [2.24, 2.45) is 0 Å². The van der Waals surface area contributed by atoms with E-state index in [9.17, 15) is 0 Å². The minimum absolute atomic E-state index is 1.04. The first-order valence-electron chi connectivity index (χ1n) is 5.69. The van der Waals surface area contributed by atoms with E-state index in [4.69, 9.17) is 0 Å². The first-order valence-corrected chi connectivity index (χ1v) is 5.69. The summed E-state index contributed by atoms with van der Waals surface area (Å²) in [6.45, 7) is 6.55. The topological polar surface area (TPSA) is 28.2 Å². The summed E-state index contributed by atoms with van der Waals surface area (Å²) in [7, 11) is 1.92. The van der Waals surface area contributed by atoms with Crippen molar-refractivity contribution in [2.75, 3.05) is 30.4 Å². The van der Waals surface area contributed by atoms with E-state index in [0.29, 0.717) is 0 Å². The lowest BCUT2D eigenvalue weighted by Crippen LogP contribution is -2.23. The van der Waals surface area contributed by atoms with Crippen LogP contribution < -0.4 is 10.2 Å². The zero-order valence-corrected chi connectivity index (χ0v) is 9.95. The minimum atomic E-state index is 1.04. The highest BCUT2D eigenvalue weighted by Gasteiger charge is 2.04. The van der Waals surface area contributed by atoms with Gasteiger partial charge in [-0.1, -0.05) is 13.3 Å². The molecule has 0 saturated heterocycles. The monoisotopic (exact) mass is 207 g/mol. The molecule has 1 aromatic heterocycles. The van der Waals surface area contributed by atoms with Gasteiger partial charge in [-0.05, 0) is 19.4 Å². The SMILES string of the molecule is CCCCN(CC)c1cncc(NC)c1. The molecule has 0 fully saturated rings. The number of pyridine rings is 1. The number of nitrogens with zero attached hydrogens (tertiary/aromatic N) is 2. The van der Waals surface area contributed by atoms with Gasteiger partial charge in [0.05, 0.1) is 23.8 Å². The van der Waals surface area contributed by atoms with E-state index in [0.717, 1.165) is 18.8 Å².